The summed E-state index contributed by atoms with van der Waals surface area (Å²) in [6, 6.07) is 3.84. The Bertz CT molecular complexity index is 1210. The van der Waals surface area contributed by atoms with Gasteiger partial charge in [-0.15, -0.1) is 11.8 Å². The number of halogens is 6. The quantitative estimate of drug-likeness (QED) is 0.348. The van der Waals surface area contributed by atoms with Crippen LogP contribution in [-0.4, -0.2) is 30.1 Å². The molecule has 152 valence electrons. The Balaban J connectivity index is 1.89. The molecule has 5 nitrogen and oxygen atoms in total. The number of hydrogen-bond acceptors (Lipinski definition) is 4. The van der Waals surface area contributed by atoms with Crippen molar-refractivity contribution in [1.29, 1.82) is 0 Å². The van der Waals surface area contributed by atoms with E-state index in [4.69, 9.17) is 0 Å². The summed E-state index contributed by atoms with van der Waals surface area (Å²) in [7, 11) is 0. The Morgan fingerprint density at radius 2 is 1.76 bits per heavy atom. The smallest absolute Gasteiger partial charge is 0.321 e. The topological polar surface area (TPSA) is 58.9 Å². The molecule has 1 N–H and O–H groups in total. The highest BCUT2D eigenvalue weighted by atomic mass is 32.2. The second-order valence-electron chi connectivity index (χ2n) is 5.99. The summed E-state index contributed by atoms with van der Waals surface area (Å²) in [5, 5.41) is 0.520. The highest BCUT2D eigenvalue weighted by molar-refractivity contribution is 7.99. The highest BCUT2D eigenvalue weighted by Crippen LogP contribution is 2.35. The number of rotatable bonds is 3. The van der Waals surface area contributed by atoms with Crippen molar-refractivity contribution in [2.24, 2.45) is 0 Å². The van der Waals surface area contributed by atoms with E-state index in [-0.39, 0.29) is 28.3 Å². The van der Waals surface area contributed by atoms with Crippen molar-refractivity contribution < 1.29 is 26.3 Å². The van der Waals surface area contributed by atoms with Crippen molar-refractivity contribution in [3.63, 3.8) is 0 Å². The molecule has 0 amide bonds. The number of fused-ring (bicyclic) bond motifs is 2. The van der Waals surface area contributed by atoms with Crippen LogP contribution in [0.15, 0.2) is 35.5 Å². The molecule has 0 radical (unpaired) electrons. The second kappa shape index (κ2) is 6.65. The number of pyridine rings is 2. The van der Waals surface area contributed by atoms with Gasteiger partial charge in [0.05, 0.1) is 5.56 Å². The van der Waals surface area contributed by atoms with Gasteiger partial charge < -0.3 is 4.98 Å². The number of alkyl halides is 6. The Labute approximate surface area is 163 Å². The van der Waals surface area contributed by atoms with E-state index in [9.17, 15) is 26.3 Å². The number of aromatic amines is 1. The first-order valence-corrected chi connectivity index (χ1v) is 9.23. The van der Waals surface area contributed by atoms with Crippen LogP contribution in [0.25, 0.3) is 28.3 Å². The van der Waals surface area contributed by atoms with Gasteiger partial charge >= 0.3 is 12.4 Å². The number of aromatic nitrogens is 5. The van der Waals surface area contributed by atoms with Gasteiger partial charge in [0.15, 0.2) is 11.5 Å². The molecule has 0 spiro atoms. The molecule has 29 heavy (non-hydrogen) atoms. The molecule has 0 saturated carbocycles. The fourth-order valence-corrected chi connectivity index (χ4v) is 3.64. The molecule has 0 atom stereocenters. The van der Waals surface area contributed by atoms with Crippen LogP contribution in [0.3, 0.4) is 0 Å². The third-order valence-electron chi connectivity index (χ3n) is 4.05. The van der Waals surface area contributed by atoms with E-state index in [2.05, 4.69) is 19.9 Å². The summed E-state index contributed by atoms with van der Waals surface area (Å²) in [5.74, 6) is 0.721. The second-order valence-corrected chi connectivity index (χ2v) is 7.24. The average molecular weight is 431 g/mol. The van der Waals surface area contributed by atoms with Gasteiger partial charge in [0.25, 0.3) is 0 Å². The molecule has 4 rings (SSSR count). The third kappa shape index (κ3) is 3.52. The molecule has 0 aliphatic heterocycles. The van der Waals surface area contributed by atoms with Crippen molar-refractivity contribution in [3.05, 3.63) is 41.7 Å². The summed E-state index contributed by atoms with van der Waals surface area (Å²) in [5.41, 5.74) is -1.54. The van der Waals surface area contributed by atoms with Gasteiger partial charge in [-0.1, -0.05) is 6.92 Å². The Morgan fingerprint density at radius 1 is 1.00 bits per heavy atom. The number of thioether (sulfide) groups is 1. The molecule has 12 heteroatoms. The molecule has 0 unspecified atom stereocenters. The average Bonchev–Trinajstić information content (AvgIpc) is 3.20. The summed E-state index contributed by atoms with van der Waals surface area (Å²) in [4.78, 5) is 14.7. The maximum atomic E-state index is 13.0. The Hall–Kier alpha value is -2.76. The lowest BCUT2D eigenvalue weighted by molar-refractivity contribution is -0.141. The Kier molecular flexibility index (Phi) is 4.48. The number of nitrogens with zero attached hydrogens (tertiary/aromatic N) is 4. The zero-order valence-electron chi connectivity index (χ0n) is 14.6. The lowest BCUT2D eigenvalue weighted by atomic mass is 10.2. The standard InChI is InChI=1S/C17H11F6N5S/c1-2-29-15-12(26-11-7-8(16(18,19)20)5-6-28(11)15)14-24-9-3-4-10(17(21,22)23)25-13(9)27-14/h3-7H,2H2,1H3,(H,24,25,27). The Morgan fingerprint density at radius 3 is 2.41 bits per heavy atom. The minimum atomic E-state index is -4.61. The first-order valence-electron chi connectivity index (χ1n) is 8.24. The van der Waals surface area contributed by atoms with Crippen molar-refractivity contribution in [1.82, 2.24) is 24.3 Å². The molecular formula is C17H11F6N5S. The first-order chi connectivity index (χ1) is 13.6. The normalized spacial score (nSPS) is 12.9. The van der Waals surface area contributed by atoms with Gasteiger partial charge in [-0.05, 0) is 30.0 Å². The summed E-state index contributed by atoms with van der Waals surface area (Å²) in [6.07, 6.45) is -7.88. The van der Waals surface area contributed by atoms with E-state index in [1.165, 1.54) is 28.4 Å². The molecule has 0 bridgehead atoms. The largest absolute Gasteiger partial charge is 0.433 e. The van der Waals surface area contributed by atoms with Gasteiger partial charge in [-0.3, -0.25) is 4.40 Å². The van der Waals surface area contributed by atoms with E-state index in [0.717, 1.165) is 18.2 Å². The summed E-state index contributed by atoms with van der Waals surface area (Å²) < 4.78 is 79.1. The van der Waals surface area contributed by atoms with Crippen molar-refractivity contribution in [3.8, 4) is 11.5 Å². The van der Waals surface area contributed by atoms with Crippen LogP contribution in [0.1, 0.15) is 18.2 Å². The van der Waals surface area contributed by atoms with Gasteiger partial charge in [0.2, 0.25) is 0 Å². The molecule has 0 fully saturated rings. The van der Waals surface area contributed by atoms with E-state index < -0.39 is 23.6 Å². The molecule has 4 aromatic rings. The predicted octanol–water partition coefficient (Wildman–Crippen LogP) is 5.42. The fourth-order valence-electron chi connectivity index (χ4n) is 2.79. The molecule has 0 aliphatic carbocycles. The van der Waals surface area contributed by atoms with Crippen LogP contribution in [0.2, 0.25) is 0 Å². The zero-order valence-corrected chi connectivity index (χ0v) is 15.4. The van der Waals surface area contributed by atoms with E-state index in [0.29, 0.717) is 10.8 Å². The van der Waals surface area contributed by atoms with Crippen LogP contribution in [0, 0.1) is 0 Å². The fraction of sp³-hybridized carbons (Fsp3) is 0.235. The van der Waals surface area contributed by atoms with Crippen LogP contribution in [0.5, 0.6) is 0 Å². The number of imidazole rings is 2. The van der Waals surface area contributed by atoms with Gasteiger partial charge in [-0.25, -0.2) is 15.0 Å². The first kappa shape index (κ1) is 19.6. The van der Waals surface area contributed by atoms with Crippen LogP contribution < -0.4 is 0 Å². The number of H-pyrrole nitrogens is 1. The van der Waals surface area contributed by atoms with Gasteiger partial charge in [-0.2, -0.15) is 26.3 Å². The minimum absolute atomic E-state index is 0.0511. The molecule has 4 aromatic heterocycles. The lowest BCUT2D eigenvalue weighted by Gasteiger charge is -2.07. The van der Waals surface area contributed by atoms with Gasteiger partial charge in [0.1, 0.15) is 27.6 Å². The predicted molar refractivity (Wildman–Crippen MR) is 94.5 cm³/mol. The van der Waals surface area contributed by atoms with Crippen LogP contribution >= 0.6 is 11.8 Å². The molecular weight excluding hydrogens is 420 g/mol. The SMILES string of the molecule is CCSc1c(-c2nc3ccc(C(F)(F)F)nc3[nH]2)nc2cc(C(F)(F)F)ccn12. The summed E-state index contributed by atoms with van der Waals surface area (Å²) in [6.45, 7) is 1.85. The number of hydrogen-bond donors (Lipinski definition) is 1. The minimum Gasteiger partial charge on any atom is -0.321 e. The van der Waals surface area contributed by atoms with E-state index in [1.54, 1.807) is 0 Å². The van der Waals surface area contributed by atoms with Crippen molar-refractivity contribution in [2.45, 2.75) is 24.3 Å². The number of nitrogens with one attached hydrogen (secondary N) is 1. The molecule has 0 saturated heterocycles. The van der Waals surface area contributed by atoms with Crippen LogP contribution in [-0.2, 0) is 12.4 Å². The lowest BCUT2D eigenvalue weighted by Crippen LogP contribution is -2.07. The van der Waals surface area contributed by atoms with Crippen LogP contribution in [0.4, 0.5) is 26.3 Å². The monoisotopic (exact) mass is 431 g/mol. The molecule has 0 aromatic carbocycles. The maximum Gasteiger partial charge on any atom is 0.433 e. The summed E-state index contributed by atoms with van der Waals surface area (Å²) >= 11 is 1.32. The van der Waals surface area contributed by atoms with Gasteiger partial charge in [0, 0.05) is 6.20 Å². The maximum absolute atomic E-state index is 13.0. The highest BCUT2D eigenvalue weighted by Gasteiger charge is 2.33. The van der Waals surface area contributed by atoms with E-state index in [1.807, 2.05) is 6.92 Å². The molecule has 0 aliphatic rings. The zero-order chi connectivity index (χ0) is 21.0. The van der Waals surface area contributed by atoms with Crippen molar-refractivity contribution >= 4 is 28.6 Å². The third-order valence-corrected chi connectivity index (χ3v) is 5.00. The van der Waals surface area contributed by atoms with Crippen molar-refractivity contribution in [2.75, 3.05) is 5.75 Å². The molecule has 4 heterocycles. The van der Waals surface area contributed by atoms with E-state index >= 15 is 0 Å².